The molecule has 0 amide bonds. The van der Waals surface area contributed by atoms with Gasteiger partial charge in [-0.15, -0.1) is 0 Å². The largest absolute Gasteiger partial charge is 0.489 e. The minimum absolute atomic E-state index is 0.238. The minimum Gasteiger partial charge on any atom is -0.489 e. The second kappa shape index (κ2) is 7.62. The second-order valence-corrected chi connectivity index (χ2v) is 5.24. The van der Waals surface area contributed by atoms with Crippen LogP contribution >= 0.6 is 11.6 Å². The molecule has 18 heavy (non-hydrogen) atoms. The predicted octanol–water partition coefficient (Wildman–Crippen LogP) is 2.71. The Kier molecular flexibility index (Phi) is 6.47. The van der Waals surface area contributed by atoms with Crippen LogP contribution < -0.4 is 10.1 Å². The van der Waals surface area contributed by atoms with Gasteiger partial charge in [-0.05, 0) is 25.0 Å². The average molecular weight is 272 g/mol. The van der Waals surface area contributed by atoms with Crippen LogP contribution in [0.5, 0.6) is 5.75 Å². The molecule has 2 N–H and O–H groups in total. The Labute approximate surface area is 114 Å². The summed E-state index contributed by atoms with van der Waals surface area (Å²) < 4.78 is 5.47. The van der Waals surface area contributed by atoms with Gasteiger partial charge in [-0.25, -0.2) is 0 Å². The Morgan fingerprint density at radius 2 is 1.94 bits per heavy atom. The highest BCUT2D eigenvalue weighted by atomic mass is 35.5. The van der Waals surface area contributed by atoms with Crippen LogP contribution in [0.2, 0.25) is 5.02 Å². The van der Waals surface area contributed by atoms with Crippen LogP contribution in [0.15, 0.2) is 24.3 Å². The fourth-order valence-corrected chi connectivity index (χ4v) is 1.55. The number of ether oxygens (including phenoxy) is 1. The fourth-order valence-electron chi connectivity index (χ4n) is 1.36. The predicted molar refractivity (Wildman–Crippen MR) is 75.3 cm³/mol. The van der Waals surface area contributed by atoms with E-state index in [2.05, 4.69) is 26.1 Å². The van der Waals surface area contributed by atoms with Crippen LogP contribution in [0.1, 0.15) is 20.8 Å². The van der Waals surface area contributed by atoms with Gasteiger partial charge in [0.1, 0.15) is 18.5 Å². The molecule has 1 aromatic carbocycles. The molecule has 4 heteroatoms. The molecule has 0 aliphatic carbocycles. The zero-order valence-corrected chi connectivity index (χ0v) is 11.9. The standard InChI is InChI=1S/C14H22ClNO2/c1-10(2)11(3)16-8-12(17)9-18-14-7-5-4-6-13(14)15/h4-7,10-12,16-17H,8-9H2,1-3H3. The van der Waals surface area contributed by atoms with E-state index in [1.807, 2.05) is 12.1 Å². The molecule has 0 fully saturated rings. The van der Waals surface area contributed by atoms with Gasteiger partial charge < -0.3 is 15.2 Å². The van der Waals surface area contributed by atoms with E-state index in [0.29, 0.717) is 29.3 Å². The van der Waals surface area contributed by atoms with Crippen LogP contribution in [0.4, 0.5) is 0 Å². The van der Waals surface area contributed by atoms with Crippen LogP contribution in [-0.4, -0.2) is 30.4 Å². The molecule has 0 saturated carbocycles. The summed E-state index contributed by atoms with van der Waals surface area (Å²) in [5.74, 6) is 1.15. The average Bonchev–Trinajstić information content (AvgIpc) is 2.34. The second-order valence-electron chi connectivity index (χ2n) is 4.84. The van der Waals surface area contributed by atoms with Gasteiger partial charge in [0, 0.05) is 12.6 Å². The first-order chi connectivity index (χ1) is 8.50. The summed E-state index contributed by atoms with van der Waals surface area (Å²) in [6.07, 6.45) is -0.539. The van der Waals surface area contributed by atoms with Gasteiger partial charge in [0.15, 0.2) is 0 Å². The van der Waals surface area contributed by atoms with Crippen molar-refractivity contribution < 1.29 is 9.84 Å². The van der Waals surface area contributed by atoms with Crippen molar-refractivity contribution in [2.45, 2.75) is 32.9 Å². The molecule has 0 aliphatic rings. The molecule has 102 valence electrons. The smallest absolute Gasteiger partial charge is 0.138 e. The number of nitrogens with one attached hydrogen (secondary N) is 1. The van der Waals surface area contributed by atoms with Gasteiger partial charge in [-0.1, -0.05) is 37.6 Å². The van der Waals surface area contributed by atoms with Gasteiger partial charge in [-0.3, -0.25) is 0 Å². The van der Waals surface area contributed by atoms with E-state index >= 15 is 0 Å². The van der Waals surface area contributed by atoms with Gasteiger partial charge in [-0.2, -0.15) is 0 Å². The number of hydrogen-bond acceptors (Lipinski definition) is 3. The third-order valence-electron chi connectivity index (χ3n) is 2.94. The quantitative estimate of drug-likeness (QED) is 0.801. The molecule has 1 rings (SSSR count). The van der Waals surface area contributed by atoms with Crippen molar-refractivity contribution in [3.8, 4) is 5.75 Å². The van der Waals surface area contributed by atoms with Gasteiger partial charge >= 0.3 is 0 Å². The highest BCUT2D eigenvalue weighted by Gasteiger charge is 2.11. The molecule has 0 radical (unpaired) electrons. The molecule has 0 aliphatic heterocycles. The Bertz CT molecular complexity index is 357. The molecule has 0 bridgehead atoms. The summed E-state index contributed by atoms with van der Waals surface area (Å²) in [5.41, 5.74) is 0. The van der Waals surface area contributed by atoms with E-state index in [9.17, 15) is 5.11 Å². The van der Waals surface area contributed by atoms with E-state index in [-0.39, 0.29) is 6.61 Å². The van der Waals surface area contributed by atoms with E-state index < -0.39 is 6.10 Å². The summed E-state index contributed by atoms with van der Waals surface area (Å²) in [4.78, 5) is 0. The van der Waals surface area contributed by atoms with Crippen molar-refractivity contribution in [1.82, 2.24) is 5.32 Å². The van der Waals surface area contributed by atoms with Crippen molar-refractivity contribution in [1.29, 1.82) is 0 Å². The van der Waals surface area contributed by atoms with Crippen LogP contribution in [0, 0.1) is 5.92 Å². The Morgan fingerprint density at radius 3 is 2.56 bits per heavy atom. The maximum Gasteiger partial charge on any atom is 0.138 e. The van der Waals surface area contributed by atoms with Crippen LogP contribution in [-0.2, 0) is 0 Å². The van der Waals surface area contributed by atoms with Crippen molar-refractivity contribution >= 4 is 11.6 Å². The van der Waals surface area contributed by atoms with E-state index in [1.54, 1.807) is 12.1 Å². The van der Waals surface area contributed by atoms with E-state index in [0.717, 1.165) is 0 Å². The number of rotatable bonds is 7. The molecule has 2 unspecified atom stereocenters. The third-order valence-corrected chi connectivity index (χ3v) is 3.26. The van der Waals surface area contributed by atoms with Crippen molar-refractivity contribution in [3.63, 3.8) is 0 Å². The Morgan fingerprint density at radius 1 is 1.28 bits per heavy atom. The van der Waals surface area contributed by atoms with Crippen molar-refractivity contribution in [3.05, 3.63) is 29.3 Å². The maximum absolute atomic E-state index is 9.80. The number of aliphatic hydroxyl groups is 1. The van der Waals surface area contributed by atoms with Crippen LogP contribution in [0.3, 0.4) is 0 Å². The number of benzene rings is 1. The Balaban J connectivity index is 2.29. The van der Waals surface area contributed by atoms with E-state index in [1.165, 1.54) is 0 Å². The normalized spacial score (nSPS) is 14.6. The highest BCUT2D eigenvalue weighted by Crippen LogP contribution is 2.23. The molecule has 0 aromatic heterocycles. The molecule has 0 saturated heterocycles. The first-order valence-electron chi connectivity index (χ1n) is 6.29. The first-order valence-corrected chi connectivity index (χ1v) is 6.67. The van der Waals surface area contributed by atoms with Gasteiger partial charge in [0.2, 0.25) is 0 Å². The summed E-state index contributed by atoms with van der Waals surface area (Å²) >= 11 is 5.95. The van der Waals surface area contributed by atoms with Crippen molar-refractivity contribution in [2.75, 3.05) is 13.2 Å². The number of aliphatic hydroxyl groups excluding tert-OH is 1. The summed E-state index contributed by atoms with van der Waals surface area (Å²) in [7, 11) is 0. The number of para-hydroxylation sites is 1. The molecular weight excluding hydrogens is 250 g/mol. The fraction of sp³-hybridized carbons (Fsp3) is 0.571. The van der Waals surface area contributed by atoms with Gasteiger partial charge in [0.05, 0.1) is 5.02 Å². The van der Waals surface area contributed by atoms with Gasteiger partial charge in [0.25, 0.3) is 0 Å². The SMILES string of the molecule is CC(C)C(C)NCC(O)COc1ccccc1Cl. The lowest BCUT2D eigenvalue weighted by molar-refractivity contribution is 0.102. The molecule has 0 spiro atoms. The summed E-state index contributed by atoms with van der Waals surface area (Å²) in [6, 6.07) is 7.63. The number of hydrogen-bond donors (Lipinski definition) is 2. The maximum atomic E-state index is 9.80. The monoisotopic (exact) mass is 271 g/mol. The summed E-state index contributed by atoms with van der Waals surface area (Å²) in [6.45, 7) is 7.15. The topological polar surface area (TPSA) is 41.5 Å². The first kappa shape index (κ1) is 15.3. The molecule has 3 nitrogen and oxygen atoms in total. The van der Waals surface area contributed by atoms with Crippen molar-refractivity contribution in [2.24, 2.45) is 5.92 Å². The number of halogens is 1. The van der Waals surface area contributed by atoms with Crippen LogP contribution in [0.25, 0.3) is 0 Å². The zero-order chi connectivity index (χ0) is 13.5. The lowest BCUT2D eigenvalue weighted by atomic mass is 10.1. The zero-order valence-electron chi connectivity index (χ0n) is 11.2. The molecule has 1 aromatic rings. The third kappa shape index (κ3) is 5.25. The minimum atomic E-state index is -0.539. The van der Waals surface area contributed by atoms with E-state index in [4.69, 9.17) is 16.3 Å². The molecule has 2 atom stereocenters. The molecule has 0 heterocycles. The lowest BCUT2D eigenvalue weighted by Gasteiger charge is -2.20. The lowest BCUT2D eigenvalue weighted by Crippen LogP contribution is -2.38. The summed E-state index contributed by atoms with van der Waals surface area (Å²) in [5, 5.41) is 13.6. The molecular formula is C14H22ClNO2. The Hall–Kier alpha value is -0.770. The highest BCUT2D eigenvalue weighted by molar-refractivity contribution is 6.32.